The number of H-pyrrole nitrogens is 1. The first-order chi connectivity index (χ1) is 8.52. The number of nitrogens with zero attached hydrogens (tertiary/aromatic N) is 3. The summed E-state index contributed by atoms with van der Waals surface area (Å²) in [5.74, 6) is 0. The lowest BCUT2D eigenvalue weighted by Gasteiger charge is -2.03. The maximum Gasteiger partial charge on any atom is 0.328 e. The van der Waals surface area contributed by atoms with Gasteiger partial charge in [-0.25, -0.2) is 9.89 Å². The Morgan fingerprint density at radius 3 is 2.61 bits per heavy atom. The molecule has 6 nitrogen and oxygen atoms in total. The van der Waals surface area contributed by atoms with Gasteiger partial charge in [-0.15, -0.1) is 0 Å². The molecule has 0 fully saturated rings. The van der Waals surface area contributed by atoms with Crippen molar-refractivity contribution in [3.63, 3.8) is 0 Å². The van der Waals surface area contributed by atoms with Crippen LogP contribution in [-0.2, 0) is 14.1 Å². The highest BCUT2D eigenvalue weighted by Crippen LogP contribution is 2.22. The van der Waals surface area contributed by atoms with Crippen LogP contribution in [0.4, 0.5) is 0 Å². The molecule has 0 bridgehead atoms. The summed E-state index contributed by atoms with van der Waals surface area (Å²) in [7, 11) is 3.36. The van der Waals surface area contributed by atoms with E-state index in [-0.39, 0.29) is 11.2 Å². The molecule has 0 saturated carbocycles. The second kappa shape index (κ2) is 3.32. The Labute approximate surface area is 101 Å². The molecule has 18 heavy (non-hydrogen) atoms. The number of benzene rings is 1. The van der Waals surface area contributed by atoms with Gasteiger partial charge < -0.3 is 0 Å². The summed E-state index contributed by atoms with van der Waals surface area (Å²) in [4.78, 5) is 23.9. The van der Waals surface area contributed by atoms with Gasteiger partial charge in [-0.1, -0.05) is 6.07 Å². The Bertz CT molecular complexity index is 898. The molecule has 6 heteroatoms. The van der Waals surface area contributed by atoms with Crippen LogP contribution in [0.5, 0.6) is 0 Å². The number of imidazole rings is 1. The van der Waals surface area contributed by atoms with Crippen LogP contribution >= 0.6 is 0 Å². The van der Waals surface area contributed by atoms with Gasteiger partial charge in [0.1, 0.15) is 0 Å². The fourth-order valence-electron chi connectivity index (χ4n) is 2.40. The lowest BCUT2D eigenvalue weighted by molar-refractivity contribution is 0.795. The van der Waals surface area contributed by atoms with Crippen LogP contribution in [0.15, 0.2) is 21.7 Å². The van der Waals surface area contributed by atoms with Crippen LogP contribution in [0, 0.1) is 6.92 Å². The van der Waals surface area contributed by atoms with Crippen LogP contribution < -0.4 is 11.2 Å². The van der Waals surface area contributed by atoms with Crippen molar-refractivity contribution in [1.29, 1.82) is 0 Å². The summed E-state index contributed by atoms with van der Waals surface area (Å²) in [6.45, 7) is 1.82. The molecule has 3 rings (SSSR count). The molecule has 0 atom stereocenters. The molecule has 2 aromatic heterocycles. The highest BCUT2D eigenvalue weighted by Gasteiger charge is 2.14. The van der Waals surface area contributed by atoms with Crippen molar-refractivity contribution in [2.75, 3.05) is 0 Å². The van der Waals surface area contributed by atoms with Gasteiger partial charge in [-0.05, 0) is 13.0 Å². The monoisotopic (exact) mass is 244 g/mol. The third-order valence-corrected chi connectivity index (χ3v) is 3.37. The quantitative estimate of drug-likeness (QED) is 0.623. The van der Waals surface area contributed by atoms with Gasteiger partial charge in [0, 0.05) is 19.5 Å². The highest BCUT2D eigenvalue weighted by molar-refractivity contribution is 6.04. The van der Waals surface area contributed by atoms with Gasteiger partial charge in [0.25, 0.3) is 5.56 Å². The first-order valence-electron chi connectivity index (χ1n) is 5.55. The molecular formula is C12H12N4O2. The summed E-state index contributed by atoms with van der Waals surface area (Å²) < 4.78 is 3.02. The van der Waals surface area contributed by atoms with Crippen molar-refractivity contribution in [1.82, 2.24) is 19.3 Å². The van der Waals surface area contributed by atoms with Gasteiger partial charge >= 0.3 is 5.69 Å². The van der Waals surface area contributed by atoms with E-state index in [2.05, 4.69) is 10.2 Å². The van der Waals surface area contributed by atoms with E-state index in [0.29, 0.717) is 10.9 Å². The molecular weight excluding hydrogens is 232 g/mol. The van der Waals surface area contributed by atoms with Gasteiger partial charge in [0.05, 0.1) is 22.1 Å². The summed E-state index contributed by atoms with van der Waals surface area (Å²) >= 11 is 0. The molecule has 0 aliphatic heterocycles. The summed E-state index contributed by atoms with van der Waals surface area (Å²) in [5.41, 5.74) is 1.70. The van der Waals surface area contributed by atoms with Crippen molar-refractivity contribution in [2.24, 2.45) is 14.1 Å². The van der Waals surface area contributed by atoms with Gasteiger partial charge in [0.2, 0.25) is 0 Å². The molecule has 0 radical (unpaired) electrons. The summed E-state index contributed by atoms with van der Waals surface area (Å²) in [5, 5.41) is 7.69. The van der Waals surface area contributed by atoms with Crippen LogP contribution in [0.2, 0.25) is 0 Å². The first-order valence-corrected chi connectivity index (χ1v) is 5.55. The average molecular weight is 244 g/mol. The average Bonchev–Trinajstić information content (AvgIpc) is 2.59. The molecule has 0 aliphatic carbocycles. The van der Waals surface area contributed by atoms with Gasteiger partial charge in [-0.2, -0.15) is 5.10 Å². The molecule has 1 N–H and O–H groups in total. The minimum Gasteiger partial charge on any atom is -0.295 e. The number of aromatic amines is 1. The Morgan fingerprint density at radius 1 is 1.17 bits per heavy atom. The minimum atomic E-state index is -0.276. The number of hydrogen-bond acceptors (Lipinski definition) is 3. The van der Waals surface area contributed by atoms with Crippen LogP contribution in [0.3, 0.4) is 0 Å². The number of aryl methyl sites for hydroxylation is 3. The van der Waals surface area contributed by atoms with E-state index in [1.807, 2.05) is 19.1 Å². The Morgan fingerprint density at radius 2 is 1.89 bits per heavy atom. The second-order valence-corrected chi connectivity index (χ2v) is 4.39. The molecule has 1 aromatic carbocycles. The second-order valence-electron chi connectivity index (χ2n) is 4.39. The number of aromatic nitrogens is 4. The maximum atomic E-state index is 12.0. The van der Waals surface area contributed by atoms with E-state index < -0.39 is 0 Å². The molecule has 0 unspecified atom stereocenters. The lowest BCUT2D eigenvalue weighted by Crippen LogP contribution is -2.19. The zero-order valence-electron chi connectivity index (χ0n) is 10.3. The smallest absolute Gasteiger partial charge is 0.295 e. The van der Waals surface area contributed by atoms with E-state index in [0.717, 1.165) is 16.6 Å². The summed E-state index contributed by atoms with van der Waals surface area (Å²) in [6, 6.07) is 3.67. The van der Waals surface area contributed by atoms with E-state index >= 15 is 0 Å². The summed E-state index contributed by atoms with van der Waals surface area (Å²) in [6.07, 6.45) is 0. The van der Waals surface area contributed by atoms with Crippen LogP contribution in [0.25, 0.3) is 21.8 Å². The number of nitrogens with one attached hydrogen (secondary N) is 1. The SMILES string of the molecule is Cc1n[nH]c(=O)c2c1ccc1c2n(C)c(=O)n1C. The maximum absolute atomic E-state index is 12.0. The van der Waals surface area contributed by atoms with E-state index in [1.165, 1.54) is 9.13 Å². The zero-order valence-corrected chi connectivity index (χ0v) is 10.3. The molecule has 0 amide bonds. The molecule has 2 heterocycles. The van der Waals surface area contributed by atoms with Crippen molar-refractivity contribution in [2.45, 2.75) is 6.92 Å². The largest absolute Gasteiger partial charge is 0.328 e. The van der Waals surface area contributed by atoms with E-state index in [9.17, 15) is 9.59 Å². The Hall–Kier alpha value is -2.37. The fourth-order valence-corrected chi connectivity index (χ4v) is 2.40. The van der Waals surface area contributed by atoms with E-state index in [1.54, 1.807) is 14.1 Å². The van der Waals surface area contributed by atoms with Crippen molar-refractivity contribution in [3.8, 4) is 0 Å². The van der Waals surface area contributed by atoms with Crippen molar-refractivity contribution < 1.29 is 0 Å². The predicted octanol–water partition coefficient (Wildman–Crippen LogP) is 0.422. The predicted molar refractivity (Wildman–Crippen MR) is 68.8 cm³/mol. The normalized spacial score (nSPS) is 11.5. The van der Waals surface area contributed by atoms with Crippen molar-refractivity contribution >= 4 is 21.8 Å². The third-order valence-electron chi connectivity index (χ3n) is 3.37. The van der Waals surface area contributed by atoms with E-state index in [4.69, 9.17) is 0 Å². The van der Waals surface area contributed by atoms with Gasteiger partial charge in [-0.3, -0.25) is 13.9 Å². The number of rotatable bonds is 0. The molecule has 92 valence electrons. The molecule has 0 spiro atoms. The standard InChI is InChI=1S/C12H12N4O2/c1-6-7-4-5-8-10(9(7)11(17)14-13-6)16(3)12(18)15(8)2/h4-5H,1-3H3,(H,14,17). The minimum absolute atomic E-state index is 0.147. The van der Waals surface area contributed by atoms with Crippen LogP contribution in [0.1, 0.15) is 5.69 Å². The number of hydrogen-bond donors (Lipinski definition) is 1. The van der Waals surface area contributed by atoms with Gasteiger partial charge in [0.15, 0.2) is 0 Å². The molecule has 3 aromatic rings. The first kappa shape index (κ1) is 10.8. The van der Waals surface area contributed by atoms with Crippen molar-refractivity contribution in [3.05, 3.63) is 38.7 Å². The highest BCUT2D eigenvalue weighted by atomic mass is 16.1. The lowest BCUT2D eigenvalue weighted by atomic mass is 10.1. The fraction of sp³-hybridized carbons (Fsp3) is 0.250. The Kier molecular flexibility index (Phi) is 1.98. The Balaban J connectivity index is 2.79. The zero-order chi connectivity index (χ0) is 13.0. The van der Waals surface area contributed by atoms with Crippen LogP contribution in [-0.4, -0.2) is 19.3 Å². The number of fused-ring (bicyclic) bond motifs is 3. The topological polar surface area (TPSA) is 72.7 Å². The molecule has 0 saturated heterocycles. The molecule has 0 aliphatic rings. The third kappa shape index (κ3) is 1.14.